The van der Waals surface area contributed by atoms with Gasteiger partial charge in [-0.25, -0.2) is 4.68 Å². The van der Waals surface area contributed by atoms with Gasteiger partial charge < -0.3 is 5.73 Å². The van der Waals surface area contributed by atoms with E-state index >= 15 is 0 Å². The van der Waals surface area contributed by atoms with Crippen LogP contribution in [0.25, 0.3) is 16.3 Å². The van der Waals surface area contributed by atoms with Crippen LogP contribution in [0.5, 0.6) is 0 Å². The molecule has 3 rings (SSSR count). The molecule has 0 unspecified atom stereocenters. The Hall–Kier alpha value is -2.38. The standard InChI is InChI=1S/C13H9ClN4O2S/c14-8-3-4-10(18(19)20)11(6-8)17-13(15)7-9(16-17)12-2-1-5-21-12/h1-7H,15H2. The molecule has 2 N–H and O–H groups in total. The zero-order valence-corrected chi connectivity index (χ0v) is 12.1. The smallest absolute Gasteiger partial charge is 0.295 e. The molecule has 0 fully saturated rings. The summed E-state index contributed by atoms with van der Waals surface area (Å²) in [5, 5.41) is 17.8. The molecule has 0 saturated heterocycles. The predicted molar refractivity (Wildman–Crippen MR) is 83.0 cm³/mol. The number of rotatable bonds is 3. The Morgan fingerprint density at radius 2 is 2.14 bits per heavy atom. The van der Waals surface area contributed by atoms with Gasteiger partial charge in [0.05, 0.1) is 9.80 Å². The summed E-state index contributed by atoms with van der Waals surface area (Å²) >= 11 is 7.44. The Labute approximate surface area is 128 Å². The number of benzene rings is 1. The molecule has 0 saturated carbocycles. The first-order valence-corrected chi connectivity index (χ1v) is 7.16. The third-order valence-electron chi connectivity index (χ3n) is 2.87. The highest BCUT2D eigenvalue weighted by Crippen LogP contribution is 2.31. The third kappa shape index (κ3) is 2.48. The fourth-order valence-corrected chi connectivity index (χ4v) is 2.80. The Bertz CT molecular complexity index is 814. The molecule has 0 spiro atoms. The van der Waals surface area contributed by atoms with Crippen molar-refractivity contribution in [1.29, 1.82) is 0 Å². The average molecular weight is 321 g/mol. The van der Waals surface area contributed by atoms with Crippen molar-refractivity contribution >= 4 is 34.4 Å². The van der Waals surface area contributed by atoms with Crippen LogP contribution in [-0.4, -0.2) is 14.7 Å². The lowest BCUT2D eigenvalue weighted by atomic mass is 10.2. The second kappa shape index (κ2) is 5.19. The Kier molecular flexibility index (Phi) is 3.36. The van der Waals surface area contributed by atoms with Crippen molar-refractivity contribution in [2.24, 2.45) is 0 Å². The highest BCUT2D eigenvalue weighted by atomic mass is 35.5. The van der Waals surface area contributed by atoms with Crippen LogP contribution < -0.4 is 5.73 Å². The number of nitro benzene ring substituents is 1. The molecular weight excluding hydrogens is 312 g/mol. The molecule has 0 aliphatic carbocycles. The highest BCUT2D eigenvalue weighted by Gasteiger charge is 2.19. The van der Waals surface area contributed by atoms with Crippen LogP contribution in [0.1, 0.15) is 0 Å². The average Bonchev–Trinajstić information content (AvgIpc) is 3.07. The number of nitrogens with two attached hydrogens (primary N) is 1. The molecule has 8 heteroatoms. The van der Waals surface area contributed by atoms with E-state index in [2.05, 4.69) is 5.10 Å². The maximum absolute atomic E-state index is 11.1. The number of anilines is 1. The number of hydrogen-bond acceptors (Lipinski definition) is 5. The van der Waals surface area contributed by atoms with E-state index in [1.165, 1.54) is 34.2 Å². The Morgan fingerprint density at radius 1 is 1.33 bits per heavy atom. The molecular formula is C13H9ClN4O2S. The van der Waals surface area contributed by atoms with E-state index in [9.17, 15) is 10.1 Å². The molecule has 6 nitrogen and oxygen atoms in total. The van der Waals surface area contributed by atoms with Crippen molar-refractivity contribution in [3.05, 3.63) is 56.9 Å². The van der Waals surface area contributed by atoms with Gasteiger partial charge in [-0.3, -0.25) is 10.1 Å². The second-order valence-corrected chi connectivity index (χ2v) is 5.62. The lowest BCUT2D eigenvalue weighted by molar-refractivity contribution is -0.384. The molecule has 2 heterocycles. The van der Waals surface area contributed by atoms with Crippen molar-refractivity contribution in [2.45, 2.75) is 0 Å². The van der Waals surface area contributed by atoms with Crippen LogP contribution in [0.2, 0.25) is 5.02 Å². The lowest BCUT2D eigenvalue weighted by Gasteiger charge is -2.05. The molecule has 0 atom stereocenters. The molecule has 0 bridgehead atoms. The summed E-state index contributed by atoms with van der Waals surface area (Å²) in [7, 11) is 0. The Balaban J connectivity index is 2.17. The first-order valence-electron chi connectivity index (χ1n) is 5.90. The molecule has 21 heavy (non-hydrogen) atoms. The monoisotopic (exact) mass is 320 g/mol. The van der Waals surface area contributed by atoms with Gasteiger partial charge >= 0.3 is 0 Å². The fourth-order valence-electron chi connectivity index (χ4n) is 1.95. The van der Waals surface area contributed by atoms with Crippen molar-refractivity contribution < 1.29 is 4.92 Å². The van der Waals surface area contributed by atoms with Gasteiger partial charge in [0.25, 0.3) is 5.69 Å². The van der Waals surface area contributed by atoms with Gasteiger partial charge in [0.2, 0.25) is 0 Å². The SMILES string of the molecule is Nc1cc(-c2cccs2)nn1-c1cc(Cl)ccc1[N+](=O)[O-]. The number of nitrogen functional groups attached to an aromatic ring is 1. The van der Waals surface area contributed by atoms with E-state index in [0.717, 1.165) is 4.88 Å². The van der Waals surface area contributed by atoms with Gasteiger partial charge in [-0.15, -0.1) is 11.3 Å². The van der Waals surface area contributed by atoms with Crippen LogP contribution in [0.3, 0.4) is 0 Å². The topological polar surface area (TPSA) is 87.0 Å². The predicted octanol–water partition coefficient (Wildman–Crippen LogP) is 3.74. The van der Waals surface area contributed by atoms with Gasteiger partial charge in [-0.2, -0.15) is 5.10 Å². The maximum Gasteiger partial charge on any atom is 0.295 e. The molecule has 3 aromatic rings. The zero-order chi connectivity index (χ0) is 15.0. The molecule has 0 aliphatic heterocycles. The van der Waals surface area contributed by atoms with E-state index in [0.29, 0.717) is 16.5 Å². The second-order valence-electron chi connectivity index (χ2n) is 4.23. The van der Waals surface area contributed by atoms with Gasteiger partial charge in [-0.05, 0) is 23.6 Å². The molecule has 0 aliphatic rings. The van der Waals surface area contributed by atoms with Crippen molar-refractivity contribution in [3.8, 4) is 16.3 Å². The lowest BCUT2D eigenvalue weighted by Crippen LogP contribution is -2.05. The summed E-state index contributed by atoms with van der Waals surface area (Å²) < 4.78 is 1.33. The number of aromatic nitrogens is 2. The highest BCUT2D eigenvalue weighted by molar-refractivity contribution is 7.13. The van der Waals surface area contributed by atoms with E-state index in [-0.39, 0.29) is 11.4 Å². The van der Waals surface area contributed by atoms with Crippen LogP contribution in [0.15, 0.2) is 41.8 Å². The number of nitro groups is 1. The van der Waals surface area contributed by atoms with Crippen LogP contribution in [0.4, 0.5) is 11.5 Å². The summed E-state index contributed by atoms with van der Waals surface area (Å²) in [6, 6.07) is 9.75. The minimum atomic E-state index is -0.488. The zero-order valence-electron chi connectivity index (χ0n) is 10.6. The fraction of sp³-hybridized carbons (Fsp3) is 0. The molecule has 0 amide bonds. The normalized spacial score (nSPS) is 10.7. The quantitative estimate of drug-likeness (QED) is 0.588. The van der Waals surface area contributed by atoms with Gasteiger partial charge in [0.15, 0.2) is 0 Å². The number of hydrogen-bond donors (Lipinski definition) is 1. The van der Waals surface area contributed by atoms with Gasteiger partial charge in [0.1, 0.15) is 17.2 Å². The third-order valence-corrected chi connectivity index (χ3v) is 4.00. The minimum absolute atomic E-state index is 0.105. The molecule has 106 valence electrons. The number of nitrogens with zero attached hydrogens (tertiary/aromatic N) is 3. The summed E-state index contributed by atoms with van der Waals surface area (Å²) in [6.07, 6.45) is 0. The maximum atomic E-state index is 11.1. The van der Waals surface area contributed by atoms with Crippen molar-refractivity contribution in [3.63, 3.8) is 0 Å². The molecule has 0 radical (unpaired) electrons. The van der Waals surface area contributed by atoms with E-state index in [1.807, 2.05) is 17.5 Å². The van der Waals surface area contributed by atoms with Crippen molar-refractivity contribution in [2.75, 3.05) is 5.73 Å². The number of halogens is 1. The summed E-state index contributed by atoms with van der Waals surface area (Å²) in [5.74, 6) is 0.309. The summed E-state index contributed by atoms with van der Waals surface area (Å²) in [5.41, 5.74) is 6.74. The first-order chi connectivity index (χ1) is 10.1. The van der Waals surface area contributed by atoms with E-state index < -0.39 is 4.92 Å². The number of thiophene rings is 1. The van der Waals surface area contributed by atoms with Crippen LogP contribution in [0, 0.1) is 10.1 Å². The summed E-state index contributed by atoms with van der Waals surface area (Å²) in [6.45, 7) is 0. The summed E-state index contributed by atoms with van der Waals surface area (Å²) in [4.78, 5) is 11.6. The first kappa shape index (κ1) is 13.6. The molecule has 2 aromatic heterocycles. The Morgan fingerprint density at radius 3 is 2.81 bits per heavy atom. The van der Waals surface area contributed by atoms with Gasteiger partial charge in [0, 0.05) is 17.2 Å². The van der Waals surface area contributed by atoms with Crippen molar-refractivity contribution in [1.82, 2.24) is 9.78 Å². The van der Waals surface area contributed by atoms with E-state index in [4.69, 9.17) is 17.3 Å². The largest absolute Gasteiger partial charge is 0.384 e. The van der Waals surface area contributed by atoms with Crippen LogP contribution >= 0.6 is 22.9 Å². The van der Waals surface area contributed by atoms with Gasteiger partial charge in [-0.1, -0.05) is 17.7 Å². The van der Waals surface area contributed by atoms with E-state index in [1.54, 1.807) is 6.07 Å². The van der Waals surface area contributed by atoms with Crippen LogP contribution in [-0.2, 0) is 0 Å². The molecule has 1 aromatic carbocycles. The minimum Gasteiger partial charge on any atom is -0.384 e.